The maximum Gasteiger partial charge on any atom is 0.254 e. The summed E-state index contributed by atoms with van der Waals surface area (Å²) in [4.78, 5) is 16.3. The number of hydrogen-bond acceptors (Lipinski definition) is 4. The highest BCUT2D eigenvalue weighted by Crippen LogP contribution is 2.38. The maximum absolute atomic E-state index is 13.4. The van der Waals surface area contributed by atoms with Crippen LogP contribution < -0.4 is 4.74 Å². The van der Waals surface area contributed by atoms with Gasteiger partial charge in [0, 0.05) is 41.1 Å². The van der Waals surface area contributed by atoms with Gasteiger partial charge in [-0.25, -0.2) is 4.39 Å². The van der Waals surface area contributed by atoms with Crippen molar-refractivity contribution >= 4 is 17.7 Å². The summed E-state index contributed by atoms with van der Waals surface area (Å²) in [5, 5.41) is 9.11. The molecule has 4 nitrogen and oxygen atoms in total. The van der Waals surface area contributed by atoms with Gasteiger partial charge in [-0.2, -0.15) is 5.26 Å². The van der Waals surface area contributed by atoms with Crippen LogP contribution in [0, 0.1) is 17.1 Å². The van der Waals surface area contributed by atoms with Crippen LogP contribution in [0.4, 0.5) is 4.39 Å². The fraction of sp³-hybridized carbons (Fsp3) is 0.286. The van der Waals surface area contributed by atoms with E-state index in [1.54, 1.807) is 30.0 Å². The van der Waals surface area contributed by atoms with E-state index >= 15 is 0 Å². The molecular weight excluding hydrogens is 447 g/mol. The number of ether oxygens (including phenoxy) is 1. The lowest BCUT2D eigenvalue weighted by Crippen LogP contribution is -2.49. The van der Waals surface area contributed by atoms with Gasteiger partial charge in [-0.1, -0.05) is 24.3 Å². The number of nitrogens with zero attached hydrogens (tertiary/aromatic N) is 2. The van der Waals surface area contributed by atoms with E-state index in [4.69, 9.17) is 10.00 Å². The minimum atomic E-state index is -0.231. The molecule has 2 aliphatic heterocycles. The summed E-state index contributed by atoms with van der Waals surface area (Å²) in [7, 11) is 0. The molecule has 2 bridgehead atoms. The Labute approximate surface area is 203 Å². The molecule has 2 unspecified atom stereocenters. The molecule has 0 saturated carbocycles. The molecule has 5 rings (SSSR count). The van der Waals surface area contributed by atoms with Crippen LogP contribution in [0.1, 0.15) is 47.2 Å². The largest absolute Gasteiger partial charge is 0.490 e. The number of carbonyl (C=O) groups is 1. The molecule has 2 fully saturated rings. The summed E-state index contributed by atoms with van der Waals surface area (Å²) < 4.78 is 19.6. The highest BCUT2D eigenvalue weighted by Gasteiger charge is 2.44. The summed E-state index contributed by atoms with van der Waals surface area (Å²) in [5.41, 5.74) is 2.39. The Hall–Kier alpha value is -3.30. The average Bonchev–Trinajstić information content (AvgIpc) is 3.13. The van der Waals surface area contributed by atoms with E-state index in [1.807, 2.05) is 42.5 Å². The van der Waals surface area contributed by atoms with Crippen LogP contribution in [0.5, 0.6) is 5.75 Å². The van der Waals surface area contributed by atoms with E-state index in [9.17, 15) is 9.18 Å². The van der Waals surface area contributed by atoms with Gasteiger partial charge < -0.3 is 9.64 Å². The number of fused-ring (bicyclic) bond motifs is 2. The van der Waals surface area contributed by atoms with Crippen LogP contribution >= 0.6 is 11.8 Å². The average molecular weight is 473 g/mol. The Balaban J connectivity index is 1.20. The van der Waals surface area contributed by atoms with Crippen molar-refractivity contribution in [2.75, 3.05) is 0 Å². The number of halogens is 1. The van der Waals surface area contributed by atoms with Crippen molar-refractivity contribution in [2.45, 2.75) is 54.5 Å². The molecular formula is C28H25FN2O2S. The number of amides is 1. The third kappa shape index (κ3) is 4.95. The fourth-order valence-electron chi connectivity index (χ4n) is 5.00. The molecule has 34 heavy (non-hydrogen) atoms. The summed E-state index contributed by atoms with van der Waals surface area (Å²) in [6, 6.07) is 24.1. The van der Waals surface area contributed by atoms with E-state index in [0.717, 1.165) is 47.6 Å². The number of thioether (sulfide) groups is 1. The second-order valence-corrected chi connectivity index (χ2v) is 9.94. The molecule has 0 aromatic heterocycles. The molecule has 2 heterocycles. The normalized spacial score (nSPS) is 21.2. The molecule has 2 aliphatic rings. The molecule has 2 saturated heterocycles. The molecule has 6 heteroatoms. The number of rotatable bonds is 6. The van der Waals surface area contributed by atoms with E-state index in [2.05, 4.69) is 11.0 Å². The zero-order valence-electron chi connectivity index (χ0n) is 18.7. The Morgan fingerprint density at radius 1 is 1.03 bits per heavy atom. The smallest absolute Gasteiger partial charge is 0.254 e. The minimum Gasteiger partial charge on any atom is -0.490 e. The van der Waals surface area contributed by atoms with Crippen LogP contribution in [0.2, 0.25) is 0 Å². The molecule has 0 spiro atoms. The van der Waals surface area contributed by atoms with Crippen LogP contribution in [0.3, 0.4) is 0 Å². The van der Waals surface area contributed by atoms with E-state index in [0.29, 0.717) is 11.1 Å². The molecule has 0 radical (unpaired) electrons. The SMILES string of the molecule is N#Cc1cccc(OC2CC3CCC(C2)N3C(=O)c2ccc(CSc3cccc(F)c3)cc2)c1. The predicted octanol–water partition coefficient (Wildman–Crippen LogP) is 6.20. The van der Waals surface area contributed by atoms with Crippen LogP contribution in [0.25, 0.3) is 0 Å². The third-order valence-electron chi connectivity index (χ3n) is 6.59. The molecule has 0 N–H and O–H groups in total. The lowest BCUT2D eigenvalue weighted by atomic mass is 9.98. The van der Waals surface area contributed by atoms with Crippen LogP contribution in [-0.4, -0.2) is 29.0 Å². The molecule has 2 atom stereocenters. The number of carbonyl (C=O) groups excluding carboxylic acids is 1. The molecule has 0 aliphatic carbocycles. The van der Waals surface area contributed by atoms with Crippen molar-refractivity contribution < 1.29 is 13.9 Å². The highest BCUT2D eigenvalue weighted by atomic mass is 32.2. The fourth-order valence-corrected chi connectivity index (χ4v) is 5.90. The van der Waals surface area contributed by atoms with Crippen molar-refractivity contribution in [3.8, 4) is 11.8 Å². The molecule has 3 aromatic rings. The van der Waals surface area contributed by atoms with Gasteiger partial charge in [-0.15, -0.1) is 11.8 Å². The number of piperidine rings is 1. The van der Waals surface area contributed by atoms with Crippen LogP contribution in [-0.2, 0) is 5.75 Å². The third-order valence-corrected chi connectivity index (χ3v) is 7.66. The lowest BCUT2D eigenvalue weighted by molar-refractivity contribution is 0.0359. The Kier molecular flexibility index (Phi) is 6.55. The van der Waals surface area contributed by atoms with Gasteiger partial charge in [-0.05, 0) is 66.9 Å². The predicted molar refractivity (Wildman–Crippen MR) is 130 cm³/mol. The zero-order chi connectivity index (χ0) is 23.5. The number of nitriles is 1. The quantitative estimate of drug-likeness (QED) is 0.401. The van der Waals surface area contributed by atoms with Crippen LogP contribution in [0.15, 0.2) is 77.7 Å². The van der Waals surface area contributed by atoms with Crippen molar-refractivity contribution in [3.63, 3.8) is 0 Å². The van der Waals surface area contributed by atoms with E-state index < -0.39 is 0 Å². The van der Waals surface area contributed by atoms with Crippen molar-refractivity contribution in [3.05, 3.63) is 95.3 Å². The number of benzene rings is 3. The molecule has 172 valence electrons. The first-order chi connectivity index (χ1) is 16.6. The van der Waals surface area contributed by atoms with Gasteiger partial charge in [0.2, 0.25) is 0 Å². The lowest BCUT2D eigenvalue weighted by Gasteiger charge is -2.39. The topological polar surface area (TPSA) is 53.3 Å². The summed E-state index contributed by atoms with van der Waals surface area (Å²) in [6.45, 7) is 0. The summed E-state index contributed by atoms with van der Waals surface area (Å²) in [5.74, 6) is 1.29. The summed E-state index contributed by atoms with van der Waals surface area (Å²) >= 11 is 1.58. The zero-order valence-corrected chi connectivity index (χ0v) is 19.5. The first-order valence-electron chi connectivity index (χ1n) is 11.6. The molecule has 3 aromatic carbocycles. The van der Waals surface area contributed by atoms with Gasteiger partial charge >= 0.3 is 0 Å². The minimum absolute atomic E-state index is 0.0534. The van der Waals surface area contributed by atoms with Crippen molar-refractivity contribution in [1.29, 1.82) is 5.26 Å². The van der Waals surface area contributed by atoms with E-state index in [-0.39, 0.29) is 29.9 Å². The van der Waals surface area contributed by atoms with E-state index in [1.165, 1.54) is 12.1 Å². The Bertz CT molecular complexity index is 1210. The first-order valence-corrected chi connectivity index (χ1v) is 12.5. The molecule has 1 amide bonds. The maximum atomic E-state index is 13.4. The van der Waals surface area contributed by atoms with Gasteiger partial charge in [-0.3, -0.25) is 4.79 Å². The van der Waals surface area contributed by atoms with Gasteiger partial charge in [0.05, 0.1) is 11.6 Å². The monoisotopic (exact) mass is 472 g/mol. The van der Waals surface area contributed by atoms with Gasteiger partial charge in [0.15, 0.2) is 0 Å². The number of hydrogen-bond donors (Lipinski definition) is 0. The van der Waals surface area contributed by atoms with Crippen molar-refractivity contribution in [1.82, 2.24) is 4.90 Å². The first kappa shape index (κ1) is 22.5. The van der Waals surface area contributed by atoms with Crippen molar-refractivity contribution in [2.24, 2.45) is 0 Å². The Morgan fingerprint density at radius 2 is 1.76 bits per heavy atom. The van der Waals surface area contributed by atoms with Gasteiger partial charge in [0.25, 0.3) is 5.91 Å². The second kappa shape index (κ2) is 9.90. The second-order valence-electron chi connectivity index (χ2n) is 8.89. The van der Waals surface area contributed by atoms with Gasteiger partial charge in [0.1, 0.15) is 17.7 Å². The standard InChI is InChI=1S/C28H25FN2O2S/c29-22-4-2-6-27(14-22)34-18-19-7-9-21(10-8-19)28(32)31-23-11-12-24(31)16-26(15-23)33-25-5-1-3-20(13-25)17-30/h1-10,13-14,23-24,26H,11-12,15-16,18H2. The Morgan fingerprint density at radius 3 is 2.47 bits per heavy atom. The highest BCUT2D eigenvalue weighted by molar-refractivity contribution is 7.98. The summed E-state index contributed by atoms with van der Waals surface area (Å²) in [6.07, 6.45) is 3.66.